The molecule has 0 fully saturated rings. The van der Waals surface area contributed by atoms with E-state index in [2.05, 4.69) is 62.6 Å². The molecule has 6 nitrogen and oxygen atoms in total. The van der Waals surface area contributed by atoms with E-state index in [0.29, 0.717) is 0 Å². The minimum Gasteiger partial charge on any atom is -0.481 e. The molecule has 0 aliphatic carbocycles. The van der Waals surface area contributed by atoms with Crippen molar-refractivity contribution >= 4 is 11.9 Å². The molecule has 0 atom stereocenters. The fraction of sp³-hybridized carbons (Fsp3) is 0.889. The summed E-state index contributed by atoms with van der Waals surface area (Å²) in [6, 6.07) is 0. The average molecular weight is 601 g/mol. The van der Waals surface area contributed by atoms with Crippen LogP contribution in [0.1, 0.15) is 158 Å². The Morgan fingerprint density at radius 3 is 1.17 bits per heavy atom. The monoisotopic (exact) mass is 601 g/mol. The van der Waals surface area contributed by atoms with Crippen molar-refractivity contribution in [3.05, 3.63) is 12.3 Å². The van der Waals surface area contributed by atoms with Gasteiger partial charge in [-0.3, -0.25) is 9.59 Å². The van der Waals surface area contributed by atoms with Crippen LogP contribution in [0, 0.1) is 0 Å². The van der Waals surface area contributed by atoms with Gasteiger partial charge in [0.2, 0.25) is 0 Å². The van der Waals surface area contributed by atoms with Crippen molar-refractivity contribution in [2.24, 2.45) is 0 Å². The molecule has 0 heterocycles. The van der Waals surface area contributed by atoms with Crippen LogP contribution in [0.3, 0.4) is 0 Å². The van der Waals surface area contributed by atoms with Gasteiger partial charge >= 0.3 is 11.9 Å². The number of ether oxygens (including phenoxy) is 1. The average Bonchev–Trinajstić information content (AvgIpc) is 3.01. The number of aliphatic carboxylic acids is 1. The highest BCUT2D eigenvalue weighted by molar-refractivity contribution is 5.76. The lowest BCUT2D eigenvalue weighted by molar-refractivity contribution is -0.904. The van der Waals surface area contributed by atoms with Gasteiger partial charge in [0.05, 0.1) is 72.5 Å². The fourth-order valence-corrected chi connectivity index (χ4v) is 4.26. The summed E-state index contributed by atoms with van der Waals surface area (Å²) in [6.07, 6.45) is 22.8. The second-order valence-electron chi connectivity index (χ2n) is 12.3. The maximum Gasteiger partial charge on any atom is 0.311 e. The van der Waals surface area contributed by atoms with Gasteiger partial charge in [-0.05, 0) is 60.5 Å². The van der Waals surface area contributed by atoms with Crippen LogP contribution >= 0.6 is 0 Å². The molecule has 0 aromatic carbocycles. The summed E-state index contributed by atoms with van der Waals surface area (Å²) in [7, 11) is 4.58. The standard InChI is InChI=1S/C22H40O4.2C7H18N/c1-2-3-4-5-6-7-8-9-10-11-12-13-14-15-16-17-20-26-22(25)19-18-21(23)24;2*1-5-8(4,6-2)7-3/h17,20H,2-16,18-19H2,1H3,(H,23,24);2*5-7H2,1-4H3/q;2*+1. The zero-order chi connectivity index (χ0) is 32.5. The Labute approximate surface area is 263 Å². The van der Waals surface area contributed by atoms with Crippen molar-refractivity contribution in [3.8, 4) is 0 Å². The molecule has 0 radical (unpaired) electrons. The lowest BCUT2D eigenvalue weighted by Crippen LogP contribution is -2.42. The molecule has 0 amide bonds. The van der Waals surface area contributed by atoms with Crippen LogP contribution in [0.25, 0.3) is 0 Å². The van der Waals surface area contributed by atoms with Crippen molar-refractivity contribution in [2.45, 2.75) is 158 Å². The molecule has 0 rings (SSSR count). The summed E-state index contributed by atoms with van der Waals surface area (Å²) in [5.74, 6) is -1.46. The summed E-state index contributed by atoms with van der Waals surface area (Å²) >= 11 is 0. The number of allylic oxidation sites excluding steroid dienone is 1. The van der Waals surface area contributed by atoms with Crippen molar-refractivity contribution in [2.75, 3.05) is 53.4 Å². The second-order valence-corrected chi connectivity index (χ2v) is 12.3. The van der Waals surface area contributed by atoms with E-state index >= 15 is 0 Å². The molecule has 6 heteroatoms. The number of rotatable bonds is 25. The molecule has 42 heavy (non-hydrogen) atoms. The van der Waals surface area contributed by atoms with Crippen LogP contribution in [0.2, 0.25) is 0 Å². The second kappa shape index (κ2) is 32.5. The molecule has 0 unspecified atom stereocenters. The molecule has 0 saturated heterocycles. The van der Waals surface area contributed by atoms with Gasteiger partial charge in [-0.2, -0.15) is 0 Å². The first kappa shape index (κ1) is 45.0. The van der Waals surface area contributed by atoms with Crippen LogP contribution in [0.15, 0.2) is 12.3 Å². The summed E-state index contributed by atoms with van der Waals surface area (Å²) in [6.45, 7) is 23.3. The number of carboxylic acid groups (broad SMARTS) is 1. The van der Waals surface area contributed by atoms with Crippen LogP contribution in [0.5, 0.6) is 0 Å². The quantitative estimate of drug-likeness (QED) is 0.0490. The van der Waals surface area contributed by atoms with E-state index in [1.54, 1.807) is 0 Å². The van der Waals surface area contributed by atoms with Gasteiger partial charge in [0.25, 0.3) is 0 Å². The number of esters is 1. The van der Waals surface area contributed by atoms with Gasteiger partial charge in [0.1, 0.15) is 0 Å². The first-order valence-electron chi connectivity index (χ1n) is 17.8. The van der Waals surface area contributed by atoms with Crippen molar-refractivity contribution in [3.63, 3.8) is 0 Å². The van der Waals surface area contributed by atoms with E-state index in [-0.39, 0.29) is 12.8 Å². The Kier molecular flexibility index (Phi) is 34.9. The van der Waals surface area contributed by atoms with E-state index in [0.717, 1.165) is 12.8 Å². The van der Waals surface area contributed by atoms with Crippen LogP contribution in [-0.2, 0) is 14.3 Å². The van der Waals surface area contributed by atoms with Crippen molar-refractivity contribution < 1.29 is 28.4 Å². The lowest BCUT2D eigenvalue weighted by atomic mass is 10.0. The smallest absolute Gasteiger partial charge is 0.311 e. The molecule has 0 aliphatic heterocycles. The molecule has 0 aromatic rings. The zero-order valence-electron chi connectivity index (χ0n) is 30.0. The van der Waals surface area contributed by atoms with E-state index in [9.17, 15) is 9.59 Å². The van der Waals surface area contributed by atoms with Gasteiger partial charge in [-0.25, -0.2) is 0 Å². The number of hydrogen-bond acceptors (Lipinski definition) is 3. The minimum absolute atomic E-state index is 0.0709. The van der Waals surface area contributed by atoms with Gasteiger partial charge in [0.15, 0.2) is 0 Å². The first-order valence-corrected chi connectivity index (χ1v) is 17.8. The van der Waals surface area contributed by atoms with E-state index in [4.69, 9.17) is 9.84 Å². The molecule has 252 valence electrons. The molecular weight excluding hydrogens is 524 g/mol. The van der Waals surface area contributed by atoms with Crippen LogP contribution < -0.4 is 0 Å². The van der Waals surface area contributed by atoms with E-state index < -0.39 is 11.9 Å². The molecule has 0 spiro atoms. The SMILES string of the molecule is CCCCCCCCCCCCCCCCC=COC(=O)CCC(=O)O.CC[N+](C)(CC)CC.CC[N+](C)(CC)CC. The van der Waals surface area contributed by atoms with Gasteiger partial charge < -0.3 is 18.8 Å². The number of carbonyl (C=O) groups is 2. The van der Waals surface area contributed by atoms with E-state index in [1.165, 1.54) is 138 Å². The summed E-state index contributed by atoms with van der Waals surface area (Å²) in [4.78, 5) is 21.5. The van der Waals surface area contributed by atoms with Gasteiger partial charge in [0, 0.05) is 0 Å². The topological polar surface area (TPSA) is 63.6 Å². The number of quaternary nitrogens is 2. The molecule has 0 aliphatic rings. The molecular formula is C36H76N2O4+2. The van der Waals surface area contributed by atoms with Crippen LogP contribution in [-0.4, -0.2) is 79.4 Å². The number of carboxylic acids is 1. The lowest BCUT2D eigenvalue weighted by Gasteiger charge is -2.30. The predicted octanol–water partition coefficient (Wildman–Crippen LogP) is 9.76. The van der Waals surface area contributed by atoms with Gasteiger partial charge in [-0.1, -0.05) is 90.4 Å². The molecule has 1 N–H and O–H groups in total. The zero-order valence-corrected chi connectivity index (χ0v) is 30.0. The molecule has 0 aromatic heterocycles. The Bertz CT molecular complexity index is 579. The minimum atomic E-state index is -0.978. The van der Waals surface area contributed by atoms with Crippen molar-refractivity contribution in [1.29, 1.82) is 0 Å². The number of hydrogen-bond donors (Lipinski definition) is 1. The first-order chi connectivity index (χ1) is 20.0. The van der Waals surface area contributed by atoms with Gasteiger partial charge in [-0.15, -0.1) is 0 Å². The third-order valence-corrected chi connectivity index (χ3v) is 9.14. The molecule has 0 bridgehead atoms. The maximum absolute atomic E-state index is 11.2. The van der Waals surface area contributed by atoms with Crippen molar-refractivity contribution in [1.82, 2.24) is 0 Å². The summed E-state index contributed by atoms with van der Waals surface area (Å²) in [5, 5.41) is 8.46. The summed E-state index contributed by atoms with van der Waals surface area (Å²) < 4.78 is 7.25. The Hall–Kier alpha value is -1.40. The number of nitrogens with zero attached hydrogens (tertiary/aromatic N) is 2. The largest absolute Gasteiger partial charge is 0.481 e. The highest BCUT2D eigenvalue weighted by atomic mass is 16.5. The fourth-order valence-electron chi connectivity index (χ4n) is 4.26. The summed E-state index contributed by atoms with van der Waals surface area (Å²) in [5.41, 5.74) is 0. The maximum atomic E-state index is 11.2. The highest BCUT2D eigenvalue weighted by Gasteiger charge is 2.11. The Morgan fingerprint density at radius 2 is 0.881 bits per heavy atom. The Balaban J connectivity index is -0.000000770. The molecule has 0 saturated carbocycles. The number of unbranched alkanes of at least 4 members (excludes halogenated alkanes) is 14. The predicted molar refractivity (Wildman–Crippen MR) is 183 cm³/mol. The third kappa shape index (κ3) is 33.1. The number of carbonyl (C=O) groups excluding carboxylic acids is 1. The normalized spacial score (nSPS) is 11.5. The highest BCUT2D eigenvalue weighted by Crippen LogP contribution is 2.13. The Morgan fingerprint density at radius 1 is 0.548 bits per heavy atom. The third-order valence-electron chi connectivity index (χ3n) is 9.14. The van der Waals surface area contributed by atoms with Crippen LogP contribution in [0.4, 0.5) is 0 Å². The van der Waals surface area contributed by atoms with E-state index in [1.807, 2.05) is 6.08 Å².